The van der Waals surface area contributed by atoms with E-state index in [0.29, 0.717) is 5.56 Å². The molecule has 92 valence electrons. The van der Waals surface area contributed by atoms with Crippen LogP contribution in [0.1, 0.15) is 11.3 Å². The zero-order valence-electron chi connectivity index (χ0n) is 8.94. The van der Waals surface area contributed by atoms with Gasteiger partial charge >= 0.3 is 6.18 Å². The number of hydrogen-bond donors (Lipinski definition) is 1. The molecule has 0 aliphatic heterocycles. The van der Waals surface area contributed by atoms with Crippen LogP contribution < -0.4 is 5.73 Å². The van der Waals surface area contributed by atoms with Crippen molar-refractivity contribution in [1.82, 2.24) is 9.78 Å². The Bertz CT molecular complexity index is 622. The number of hydrogen-bond acceptors (Lipinski definition) is 3. The predicted octanol–water partition coefficient (Wildman–Crippen LogP) is 2.34. The summed E-state index contributed by atoms with van der Waals surface area (Å²) in [7, 11) is 0. The highest BCUT2D eigenvalue weighted by atomic mass is 19.4. The Kier molecular flexibility index (Phi) is 2.71. The molecular formula is C11H7F3N4. The summed E-state index contributed by atoms with van der Waals surface area (Å²) in [5.74, 6) is 0. The lowest BCUT2D eigenvalue weighted by Crippen LogP contribution is -2.08. The van der Waals surface area contributed by atoms with Crippen LogP contribution >= 0.6 is 0 Å². The maximum Gasteiger partial charge on any atom is 0.435 e. The quantitative estimate of drug-likeness (QED) is 0.792. The van der Waals surface area contributed by atoms with Crippen molar-refractivity contribution >= 4 is 5.69 Å². The molecule has 0 saturated carbocycles. The van der Waals surface area contributed by atoms with Crippen molar-refractivity contribution in [2.75, 3.05) is 5.73 Å². The number of aromatic nitrogens is 2. The molecule has 1 heterocycles. The van der Waals surface area contributed by atoms with Crippen molar-refractivity contribution in [3.63, 3.8) is 0 Å². The van der Waals surface area contributed by atoms with E-state index >= 15 is 0 Å². The monoisotopic (exact) mass is 252 g/mol. The largest absolute Gasteiger partial charge is 0.435 e. The molecule has 0 radical (unpaired) electrons. The highest BCUT2D eigenvalue weighted by Gasteiger charge is 2.33. The SMILES string of the molecule is N#Cc1ccc(N)c(-n2ccc(C(F)(F)F)n2)c1. The van der Waals surface area contributed by atoms with E-state index in [9.17, 15) is 13.2 Å². The minimum absolute atomic E-state index is 0.240. The minimum atomic E-state index is -4.51. The summed E-state index contributed by atoms with van der Waals surface area (Å²) in [6.45, 7) is 0. The van der Waals surface area contributed by atoms with Crippen molar-refractivity contribution in [2.24, 2.45) is 0 Å². The average molecular weight is 252 g/mol. The number of benzene rings is 1. The number of nitriles is 1. The molecule has 0 amide bonds. The molecule has 4 nitrogen and oxygen atoms in total. The summed E-state index contributed by atoms with van der Waals surface area (Å²) >= 11 is 0. The normalized spacial score (nSPS) is 11.2. The van der Waals surface area contributed by atoms with Crippen LogP contribution in [-0.2, 0) is 6.18 Å². The molecule has 1 aromatic heterocycles. The predicted molar refractivity (Wildman–Crippen MR) is 57.7 cm³/mol. The van der Waals surface area contributed by atoms with Gasteiger partial charge in [-0.1, -0.05) is 0 Å². The van der Waals surface area contributed by atoms with Crippen molar-refractivity contribution in [1.29, 1.82) is 5.26 Å². The molecule has 2 rings (SSSR count). The lowest BCUT2D eigenvalue weighted by atomic mass is 10.2. The lowest BCUT2D eigenvalue weighted by molar-refractivity contribution is -0.141. The minimum Gasteiger partial charge on any atom is -0.397 e. The summed E-state index contributed by atoms with van der Waals surface area (Å²) in [6.07, 6.45) is -3.36. The van der Waals surface area contributed by atoms with Gasteiger partial charge in [0.15, 0.2) is 5.69 Å². The molecule has 0 unspecified atom stereocenters. The highest BCUT2D eigenvalue weighted by Crippen LogP contribution is 2.28. The first-order valence-corrected chi connectivity index (χ1v) is 4.84. The summed E-state index contributed by atoms with van der Waals surface area (Å²) < 4.78 is 38.2. The number of rotatable bonds is 1. The van der Waals surface area contributed by atoms with Crippen LogP contribution in [-0.4, -0.2) is 9.78 Å². The van der Waals surface area contributed by atoms with E-state index in [4.69, 9.17) is 11.0 Å². The third-order valence-corrected chi connectivity index (χ3v) is 2.29. The van der Waals surface area contributed by atoms with Gasteiger partial charge in [0.05, 0.1) is 23.0 Å². The molecular weight excluding hydrogens is 245 g/mol. The van der Waals surface area contributed by atoms with E-state index in [2.05, 4.69) is 5.10 Å². The van der Waals surface area contributed by atoms with Crippen LogP contribution in [0.2, 0.25) is 0 Å². The first-order chi connectivity index (χ1) is 8.41. The van der Waals surface area contributed by atoms with Crippen molar-refractivity contribution in [3.05, 3.63) is 41.7 Å². The van der Waals surface area contributed by atoms with Gasteiger partial charge in [0.2, 0.25) is 0 Å². The summed E-state index contributed by atoms with van der Waals surface area (Å²) in [5.41, 5.74) is 5.41. The molecule has 0 aliphatic carbocycles. The van der Waals surface area contributed by atoms with Crippen LogP contribution in [0.3, 0.4) is 0 Å². The molecule has 7 heteroatoms. The molecule has 1 aromatic carbocycles. The average Bonchev–Trinajstić information content (AvgIpc) is 2.78. The Morgan fingerprint density at radius 2 is 2.00 bits per heavy atom. The second kappa shape index (κ2) is 4.07. The maximum atomic E-state index is 12.4. The molecule has 2 N–H and O–H groups in total. The van der Waals surface area contributed by atoms with Gasteiger partial charge < -0.3 is 5.73 Å². The molecule has 2 aromatic rings. The fraction of sp³-hybridized carbons (Fsp3) is 0.0909. The zero-order chi connectivity index (χ0) is 13.3. The number of nitrogens with two attached hydrogens (primary N) is 1. The van der Waals surface area contributed by atoms with Crippen LogP contribution in [0.25, 0.3) is 5.69 Å². The molecule has 18 heavy (non-hydrogen) atoms. The first-order valence-electron chi connectivity index (χ1n) is 4.84. The Labute approximate surface area is 100 Å². The lowest BCUT2D eigenvalue weighted by Gasteiger charge is -2.06. The van der Waals surface area contributed by atoms with Gasteiger partial charge in [-0.3, -0.25) is 0 Å². The van der Waals surface area contributed by atoms with Gasteiger partial charge in [-0.15, -0.1) is 0 Å². The number of halogens is 3. The van der Waals surface area contributed by atoms with Gasteiger partial charge in [0.1, 0.15) is 0 Å². The number of anilines is 1. The standard InChI is InChI=1S/C11H7F3N4/c12-11(13,14)10-3-4-18(17-10)9-5-7(6-15)1-2-8(9)16/h1-5H,16H2. The van der Waals surface area contributed by atoms with Gasteiger partial charge in [0.25, 0.3) is 0 Å². The van der Waals surface area contributed by atoms with Crippen LogP contribution in [0.5, 0.6) is 0 Å². The van der Waals surface area contributed by atoms with Crippen molar-refractivity contribution in [3.8, 4) is 11.8 Å². The van der Waals surface area contributed by atoms with Gasteiger partial charge in [-0.05, 0) is 24.3 Å². The topological polar surface area (TPSA) is 67.6 Å². The smallest absolute Gasteiger partial charge is 0.397 e. The molecule has 0 fully saturated rings. The van der Waals surface area contributed by atoms with Crippen LogP contribution in [0, 0.1) is 11.3 Å². The Morgan fingerprint density at radius 1 is 1.28 bits per heavy atom. The highest BCUT2D eigenvalue weighted by molar-refractivity contribution is 5.60. The number of alkyl halides is 3. The van der Waals surface area contributed by atoms with E-state index < -0.39 is 11.9 Å². The van der Waals surface area contributed by atoms with E-state index in [1.54, 1.807) is 0 Å². The Balaban J connectivity index is 2.50. The van der Waals surface area contributed by atoms with E-state index in [1.807, 2.05) is 6.07 Å². The Morgan fingerprint density at radius 3 is 2.56 bits per heavy atom. The van der Waals surface area contributed by atoms with E-state index in [1.165, 1.54) is 18.2 Å². The fourth-order valence-electron chi connectivity index (χ4n) is 1.42. The van der Waals surface area contributed by atoms with Gasteiger partial charge in [-0.2, -0.15) is 23.5 Å². The second-order valence-corrected chi connectivity index (χ2v) is 3.53. The third-order valence-electron chi connectivity index (χ3n) is 2.29. The molecule has 0 saturated heterocycles. The van der Waals surface area contributed by atoms with Crippen molar-refractivity contribution in [2.45, 2.75) is 6.18 Å². The van der Waals surface area contributed by atoms with Crippen LogP contribution in [0.15, 0.2) is 30.5 Å². The maximum absolute atomic E-state index is 12.4. The molecule has 0 bridgehead atoms. The van der Waals surface area contributed by atoms with E-state index in [0.717, 1.165) is 16.9 Å². The number of nitrogens with zero attached hydrogens (tertiary/aromatic N) is 3. The molecule has 0 spiro atoms. The summed E-state index contributed by atoms with van der Waals surface area (Å²) in [6, 6.07) is 7.03. The summed E-state index contributed by atoms with van der Waals surface area (Å²) in [4.78, 5) is 0. The van der Waals surface area contributed by atoms with Gasteiger partial charge in [-0.25, -0.2) is 4.68 Å². The second-order valence-electron chi connectivity index (χ2n) is 3.53. The Hall–Kier alpha value is -2.49. The zero-order valence-corrected chi connectivity index (χ0v) is 8.94. The summed E-state index contributed by atoms with van der Waals surface area (Å²) in [5, 5.41) is 12.1. The van der Waals surface area contributed by atoms with Gasteiger partial charge in [0, 0.05) is 6.20 Å². The molecule has 0 atom stereocenters. The first kappa shape index (κ1) is 12.0. The molecule has 0 aliphatic rings. The third kappa shape index (κ3) is 2.13. The van der Waals surface area contributed by atoms with Crippen LogP contribution in [0.4, 0.5) is 18.9 Å². The number of nitrogen functional groups attached to an aromatic ring is 1. The van der Waals surface area contributed by atoms with Crippen molar-refractivity contribution < 1.29 is 13.2 Å². The fourth-order valence-corrected chi connectivity index (χ4v) is 1.42. The van der Waals surface area contributed by atoms with E-state index in [-0.39, 0.29) is 11.4 Å².